The molecule has 4 nitrogen and oxygen atoms in total. The van der Waals surface area contributed by atoms with E-state index in [0.29, 0.717) is 18.0 Å². The Morgan fingerprint density at radius 1 is 1.35 bits per heavy atom. The highest BCUT2D eigenvalue weighted by Gasteiger charge is 2.20. The largest absolute Gasteiger partial charge is 0.461 e. The maximum Gasteiger partial charge on any atom is 0.357 e. The molecule has 20 heavy (non-hydrogen) atoms. The molecule has 0 bridgehead atoms. The molecule has 0 aliphatic rings. The Bertz CT molecular complexity index is 795. The Labute approximate surface area is 120 Å². The number of alkyl halides is 1. The van der Waals surface area contributed by atoms with Crippen LogP contribution in [0.5, 0.6) is 0 Å². The summed E-state index contributed by atoms with van der Waals surface area (Å²) in [6.45, 7) is 2.10. The Kier molecular flexibility index (Phi) is 3.32. The molecular weight excluding hydrogens is 276 g/mol. The van der Waals surface area contributed by atoms with Crippen molar-refractivity contribution in [3.8, 4) is 0 Å². The van der Waals surface area contributed by atoms with E-state index in [4.69, 9.17) is 16.3 Å². The van der Waals surface area contributed by atoms with Crippen LogP contribution in [-0.2, 0) is 10.6 Å². The minimum atomic E-state index is -0.397. The number of nitrogens with zero attached hydrogens (tertiary/aromatic N) is 2. The van der Waals surface area contributed by atoms with Crippen molar-refractivity contribution < 1.29 is 9.53 Å². The molecule has 3 aromatic rings. The van der Waals surface area contributed by atoms with Crippen LogP contribution < -0.4 is 0 Å². The molecular formula is C15H13ClN2O2. The van der Waals surface area contributed by atoms with Crippen molar-refractivity contribution in [1.82, 2.24) is 9.38 Å². The van der Waals surface area contributed by atoms with Gasteiger partial charge in [-0.05, 0) is 18.4 Å². The molecule has 0 N–H and O–H groups in total. The zero-order valence-corrected chi connectivity index (χ0v) is 11.7. The lowest BCUT2D eigenvalue weighted by molar-refractivity contribution is 0.0517. The molecule has 102 valence electrons. The average Bonchev–Trinajstić information content (AvgIpc) is 2.86. The lowest BCUT2D eigenvalue weighted by Gasteiger charge is -2.04. The SMILES string of the molecule is CCOC(=O)c1c(CCl)nc2c3ccccc3ccn12. The van der Waals surface area contributed by atoms with Crippen LogP contribution in [0.2, 0.25) is 0 Å². The van der Waals surface area contributed by atoms with Gasteiger partial charge in [0, 0.05) is 11.6 Å². The molecule has 0 saturated heterocycles. The van der Waals surface area contributed by atoms with Crippen molar-refractivity contribution in [3.05, 3.63) is 47.9 Å². The minimum Gasteiger partial charge on any atom is -0.461 e. The van der Waals surface area contributed by atoms with Crippen molar-refractivity contribution in [2.75, 3.05) is 6.61 Å². The second-order valence-corrected chi connectivity index (χ2v) is 4.63. The summed E-state index contributed by atoms with van der Waals surface area (Å²) < 4.78 is 6.84. The third kappa shape index (κ3) is 1.93. The van der Waals surface area contributed by atoms with E-state index in [1.165, 1.54) is 0 Å². The summed E-state index contributed by atoms with van der Waals surface area (Å²) in [6, 6.07) is 9.85. The number of carbonyl (C=O) groups excluding carboxylic acids is 1. The summed E-state index contributed by atoms with van der Waals surface area (Å²) >= 11 is 5.92. The summed E-state index contributed by atoms with van der Waals surface area (Å²) in [7, 11) is 0. The molecule has 0 aliphatic carbocycles. The third-order valence-electron chi connectivity index (χ3n) is 3.18. The first-order chi connectivity index (χ1) is 9.76. The van der Waals surface area contributed by atoms with Gasteiger partial charge in [-0.15, -0.1) is 11.6 Å². The molecule has 5 heteroatoms. The van der Waals surface area contributed by atoms with Crippen molar-refractivity contribution in [1.29, 1.82) is 0 Å². The molecule has 0 spiro atoms. The fraction of sp³-hybridized carbons (Fsp3) is 0.200. The van der Waals surface area contributed by atoms with E-state index in [9.17, 15) is 4.79 Å². The number of rotatable bonds is 3. The Morgan fingerprint density at radius 2 is 2.15 bits per heavy atom. The third-order valence-corrected chi connectivity index (χ3v) is 3.44. The number of pyridine rings is 1. The smallest absolute Gasteiger partial charge is 0.357 e. The quantitative estimate of drug-likeness (QED) is 0.548. The van der Waals surface area contributed by atoms with Crippen molar-refractivity contribution in [3.63, 3.8) is 0 Å². The predicted octanol–water partition coefficient (Wildman–Crippen LogP) is 3.40. The van der Waals surface area contributed by atoms with Crippen molar-refractivity contribution in [2.45, 2.75) is 12.8 Å². The second-order valence-electron chi connectivity index (χ2n) is 4.36. The van der Waals surface area contributed by atoms with E-state index in [1.807, 2.05) is 36.5 Å². The lowest BCUT2D eigenvalue weighted by atomic mass is 10.2. The van der Waals surface area contributed by atoms with Crippen LogP contribution in [0.3, 0.4) is 0 Å². The minimum absolute atomic E-state index is 0.171. The molecule has 0 radical (unpaired) electrons. The van der Waals surface area contributed by atoms with E-state index in [-0.39, 0.29) is 5.88 Å². The highest BCUT2D eigenvalue weighted by Crippen LogP contribution is 2.23. The molecule has 0 saturated carbocycles. The number of fused-ring (bicyclic) bond motifs is 3. The Balaban J connectivity index is 2.34. The van der Waals surface area contributed by atoms with Crippen LogP contribution in [0, 0.1) is 0 Å². The first-order valence-corrected chi connectivity index (χ1v) is 6.91. The monoisotopic (exact) mass is 288 g/mol. The first-order valence-electron chi connectivity index (χ1n) is 6.38. The molecule has 0 unspecified atom stereocenters. The fourth-order valence-corrected chi connectivity index (χ4v) is 2.51. The Hall–Kier alpha value is -2.07. The van der Waals surface area contributed by atoms with Gasteiger partial charge in [0.25, 0.3) is 0 Å². The van der Waals surface area contributed by atoms with Crippen LogP contribution in [0.4, 0.5) is 0 Å². The van der Waals surface area contributed by atoms with Gasteiger partial charge in [-0.25, -0.2) is 9.78 Å². The molecule has 3 rings (SSSR count). The van der Waals surface area contributed by atoms with E-state index >= 15 is 0 Å². The summed E-state index contributed by atoms with van der Waals surface area (Å²) in [4.78, 5) is 16.6. The molecule has 0 amide bonds. The Morgan fingerprint density at radius 3 is 2.90 bits per heavy atom. The van der Waals surface area contributed by atoms with E-state index in [0.717, 1.165) is 16.4 Å². The van der Waals surface area contributed by atoms with Gasteiger partial charge in [0.15, 0.2) is 5.69 Å². The molecule has 1 aromatic carbocycles. The summed E-state index contributed by atoms with van der Waals surface area (Å²) in [5, 5.41) is 2.05. The molecule has 2 aromatic heterocycles. The highest BCUT2D eigenvalue weighted by molar-refractivity contribution is 6.17. The van der Waals surface area contributed by atoms with Gasteiger partial charge in [-0.2, -0.15) is 0 Å². The van der Waals surface area contributed by atoms with Crippen LogP contribution in [0.15, 0.2) is 36.5 Å². The van der Waals surface area contributed by atoms with Crippen molar-refractivity contribution in [2.24, 2.45) is 0 Å². The van der Waals surface area contributed by atoms with Gasteiger partial charge in [-0.1, -0.05) is 24.3 Å². The standard InChI is InChI=1S/C15H13ClN2O2/c1-2-20-15(19)13-12(9-16)17-14-11-6-4-3-5-10(11)7-8-18(13)14/h3-8H,2,9H2,1H3. The van der Waals surface area contributed by atoms with E-state index in [2.05, 4.69) is 4.98 Å². The van der Waals surface area contributed by atoms with Crippen molar-refractivity contribution >= 4 is 34.0 Å². The maximum absolute atomic E-state index is 12.1. The molecule has 0 atom stereocenters. The number of halogens is 1. The predicted molar refractivity (Wildman–Crippen MR) is 78.2 cm³/mol. The number of hydrogen-bond acceptors (Lipinski definition) is 3. The van der Waals surface area contributed by atoms with Gasteiger partial charge in [0.05, 0.1) is 18.2 Å². The number of esters is 1. The lowest BCUT2D eigenvalue weighted by Crippen LogP contribution is -2.10. The fourth-order valence-electron chi connectivity index (χ4n) is 2.32. The molecule has 0 aliphatic heterocycles. The normalized spacial score (nSPS) is 11.1. The number of carbonyl (C=O) groups is 1. The molecule has 0 fully saturated rings. The maximum atomic E-state index is 12.1. The van der Waals surface area contributed by atoms with Crippen LogP contribution in [0.1, 0.15) is 23.1 Å². The average molecular weight is 289 g/mol. The van der Waals surface area contributed by atoms with E-state index < -0.39 is 5.97 Å². The van der Waals surface area contributed by atoms with Crippen LogP contribution in [-0.4, -0.2) is 22.0 Å². The number of ether oxygens (including phenoxy) is 1. The van der Waals surface area contributed by atoms with Gasteiger partial charge in [-0.3, -0.25) is 4.40 Å². The van der Waals surface area contributed by atoms with Crippen LogP contribution >= 0.6 is 11.6 Å². The van der Waals surface area contributed by atoms with E-state index in [1.54, 1.807) is 11.3 Å². The number of hydrogen-bond donors (Lipinski definition) is 0. The van der Waals surface area contributed by atoms with Gasteiger partial charge in [0.2, 0.25) is 0 Å². The summed E-state index contributed by atoms with van der Waals surface area (Å²) in [6.07, 6.45) is 1.83. The zero-order chi connectivity index (χ0) is 14.1. The van der Waals surface area contributed by atoms with Gasteiger partial charge < -0.3 is 4.74 Å². The topological polar surface area (TPSA) is 43.6 Å². The zero-order valence-electron chi connectivity index (χ0n) is 11.0. The number of aromatic nitrogens is 2. The summed E-state index contributed by atoms with van der Waals surface area (Å²) in [5.41, 5.74) is 1.67. The highest BCUT2D eigenvalue weighted by atomic mass is 35.5. The number of imidazole rings is 1. The van der Waals surface area contributed by atoms with Crippen LogP contribution in [0.25, 0.3) is 16.4 Å². The first kappa shape index (κ1) is 12.9. The number of benzene rings is 1. The second kappa shape index (κ2) is 5.13. The van der Waals surface area contributed by atoms with Gasteiger partial charge >= 0.3 is 5.97 Å². The van der Waals surface area contributed by atoms with Gasteiger partial charge in [0.1, 0.15) is 5.65 Å². The summed E-state index contributed by atoms with van der Waals surface area (Å²) in [5.74, 6) is -0.226. The molecule has 2 heterocycles.